The Bertz CT molecular complexity index is 389. The minimum absolute atomic E-state index is 0.0907. The molecule has 1 aromatic rings. The molecule has 0 aromatic carbocycles. The fourth-order valence-electron chi connectivity index (χ4n) is 0.655. The maximum absolute atomic E-state index is 8.44. The van der Waals surface area contributed by atoms with E-state index in [0.29, 0.717) is 0 Å². The highest BCUT2D eigenvalue weighted by atomic mass is 32.2. The fraction of sp³-hybridized carbons (Fsp3) is 0.125. The molecule has 0 unspecified atom stereocenters. The summed E-state index contributed by atoms with van der Waals surface area (Å²) in [5, 5.41) is 19.1. The number of aryl methyl sites for hydroxylation is 1. The Hall–Kier alpha value is -1.72. The first-order valence-corrected chi connectivity index (χ1v) is 4.30. The molecule has 13 heavy (non-hydrogen) atoms. The third-order valence-electron chi connectivity index (χ3n) is 1.30. The Kier molecular flexibility index (Phi) is 3.13. The summed E-state index contributed by atoms with van der Waals surface area (Å²) in [5.41, 5.74) is 0.0907. The molecule has 5 heteroatoms. The molecule has 0 aliphatic heterocycles. The van der Waals surface area contributed by atoms with Crippen LogP contribution >= 0.6 is 11.8 Å². The summed E-state index contributed by atoms with van der Waals surface area (Å²) in [5.74, 6) is 0. The molecule has 0 saturated carbocycles. The van der Waals surface area contributed by atoms with Gasteiger partial charge in [0.2, 0.25) is 0 Å². The summed E-state index contributed by atoms with van der Waals surface area (Å²) in [6.07, 6.45) is 3.46. The Morgan fingerprint density at radius 1 is 1.62 bits per heavy atom. The van der Waals surface area contributed by atoms with E-state index in [1.54, 1.807) is 24.5 Å². The largest absolute Gasteiger partial charge is 0.329 e. The molecule has 0 bridgehead atoms. The molecule has 0 amide bonds. The lowest BCUT2D eigenvalue weighted by Gasteiger charge is -1.94. The van der Waals surface area contributed by atoms with Gasteiger partial charge in [-0.25, -0.2) is 4.98 Å². The Balaban J connectivity index is 2.74. The summed E-state index contributed by atoms with van der Waals surface area (Å²) >= 11 is 1.26. The molecule has 1 aromatic heterocycles. The summed E-state index contributed by atoms with van der Waals surface area (Å²) in [4.78, 5) is 4.02. The Labute approximate surface area is 80.1 Å². The van der Waals surface area contributed by atoms with Gasteiger partial charge in [0.25, 0.3) is 0 Å². The SMILES string of the molecule is Cn1ccnc1SC=C(C#N)C#N. The first kappa shape index (κ1) is 9.37. The third-order valence-corrected chi connectivity index (χ3v) is 2.26. The first-order valence-electron chi connectivity index (χ1n) is 3.42. The smallest absolute Gasteiger partial charge is 0.172 e. The number of rotatable bonds is 2. The maximum atomic E-state index is 8.44. The van der Waals surface area contributed by atoms with Gasteiger partial charge in [-0.15, -0.1) is 0 Å². The van der Waals surface area contributed by atoms with E-state index in [4.69, 9.17) is 10.5 Å². The molecule has 0 atom stereocenters. The van der Waals surface area contributed by atoms with Gasteiger partial charge in [-0.1, -0.05) is 11.8 Å². The van der Waals surface area contributed by atoms with Gasteiger partial charge in [-0.05, 0) is 0 Å². The topological polar surface area (TPSA) is 65.4 Å². The van der Waals surface area contributed by atoms with Crippen molar-refractivity contribution in [1.29, 1.82) is 10.5 Å². The number of hydrogen-bond donors (Lipinski definition) is 0. The van der Waals surface area contributed by atoms with E-state index in [2.05, 4.69) is 4.98 Å². The molecule has 64 valence electrons. The number of thioether (sulfide) groups is 1. The van der Waals surface area contributed by atoms with E-state index >= 15 is 0 Å². The molecule has 0 aliphatic rings. The van der Waals surface area contributed by atoms with Crippen LogP contribution in [0.3, 0.4) is 0 Å². The van der Waals surface area contributed by atoms with Crippen molar-refractivity contribution in [2.24, 2.45) is 7.05 Å². The second kappa shape index (κ2) is 4.34. The van der Waals surface area contributed by atoms with Gasteiger partial charge < -0.3 is 4.57 Å². The second-order valence-electron chi connectivity index (χ2n) is 2.19. The lowest BCUT2D eigenvalue weighted by molar-refractivity contribution is 0.792. The van der Waals surface area contributed by atoms with Gasteiger partial charge >= 0.3 is 0 Å². The highest BCUT2D eigenvalue weighted by Crippen LogP contribution is 2.17. The zero-order valence-electron chi connectivity index (χ0n) is 6.93. The van der Waals surface area contributed by atoms with Crippen LogP contribution in [0, 0.1) is 22.7 Å². The molecule has 1 rings (SSSR count). The van der Waals surface area contributed by atoms with Gasteiger partial charge in [0.15, 0.2) is 5.16 Å². The van der Waals surface area contributed by atoms with E-state index < -0.39 is 0 Å². The number of imidazole rings is 1. The molecule has 0 radical (unpaired) electrons. The number of allylic oxidation sites excluding steroid dienone is 1. The predicted octanol–water partition coefficient (Wildman–Crippen LogP) is 1.44. The monoisotopic (exact) mass is 190 g/mol. The number of aromatic nitrogens is 2. The van der Waals surface area contributed by atoms with E-state index in [1.807, 2.05) is 11.6 Å². The van der Waals surface area contributed by atoms with Crippen LogP contribution in [-0.2, 0) is 7.05 Å². The molecule has 0 N–H and O–H groups in total. The molecule has 4 nitrogen and oxygen atoms in total. The van der Waals surface area contributed by atoms with E-state index in [-0.39, 0.29) is 5.57 Å². The van der Waals surface area contributed by atoms with Crippen molar-refractivity contribution in [3.8, 4) is 12.1 Å². The summed E-state index contributed by atoms with van der Waals surface area (Å²) in [7, 11) is 1.85. The molecule has 0 fully saturated rings. The standard InChI is InChI=1S/C8H6N4S/c1-12-3-2-11-8(12)13-6-7(4-9)5-10/h2-3,6H,1H3. The minimum atomic E-state index is 0.0907. The fourth-order valence-corrected chi connectivity index (χ4v) is 1.33. The summed E-state index contributed by atoms with van der Waals surface area (Å²) in [6, 6.07) is 3.55. The Morgan fingerprint density at radius 3 is 2.77 bits per heavy atom. The lowest BCUT2D eigenvalue weighted by Crippen LogP contribution is -1.86. The van der Waals surface area contributed by atoms with E-state index in [9.17, 15) is 0 Å². The summed E-state index contributed by atoms with van der Waals surface area (Å²) in [6.45, 7) is 0. The van der Waals surface area contributed by atoms with Crippen LogP contribution in [0.5, 0.6) is 0 Å². The van der Waals surface area contributed by atoms with Gasteiger partial charge in [0.05, 0.1) is 0 Å². The number of hydrogen-bond acceptors (Lipinski definition) is 4. The second-order valence-corrected chi connectivity index (χ2v) is 3.03. The van der Waals surface area contributed by atoms with Crippen LogP contribution in [0.4, 0.5) is 0 Å². The highest BCUT2D eigenvalue weighted by Gasteiger charge is 1.98. The number of nitrogens with zero attached hydrogens (tertiary/aromatic N) is 4. The Morgan fingerprint density at radius 2 is 2.31 bits per heavy atom. The van der Waals surface area contributed by atoms with Crippen LogP contribution in [0.15, 0.2) is 28.5 Å². The van der Waals surface area contributed by atoms with Crippen molar-refractivity contribution in [2.45, 2.75) is 5.16 Å². The van der Waals surface area contributed by atoms with Crippen molar-refractivity contribution in [1.82, 2.24) is 9.55 Å². The van der Waals surface area contributed by atoms with E-state index in [1.165, 1.54) is 17.2 Å². The number of nitriles is 2. The third kappa shape index (κ3) is 2.36. The lowest BCUT2D eigenvalue weighted by atomic mass is 10.4. The van der Waals surface area contributed by atoms with Crippen LogP contribution < -0.4 is 0 Å². The van der Waals surface area contributed by atoms with Crippen LogP contribution in [0.2, 0.25) is 0 Å². The molecule has 0 saturated heterocycles. The van der Waals surface area contributed by atoms with Crippen LogP contribution in [0.1, 0.15) is 0 Å². The van der Waals surface area contributed by atoms with Crippen molar-refractivity contribution >= 4 is 11.8 Å². The van der Waals surface area contributed by atoms with Gasteiger partial charge in [0, 0.05) is 24.8 Å². The molecular weight excluding hydrogens is 184 g/mol. The molecular formula is C8H6N4S. The van der Waals surface area contributed by atoms with Crippen molar-refractivity contribution in [3.63, 3.8) is 0 Å². The maximum Gasteiger partial charge on any atom is 0.172 e. The van der Waals surface area contributed by atoms with Gasteiger partial charge in [-0.3, -0.25) is 0 Å². The zero-order valence-corrected chi connectivity index (χ0v) is 7.75. The molecule has 1 heterocycles. The summed E-state index contributed by atoms with van der Waals surface area (Å²) < 4.78 is 1.81. The van der Waals surface area contributed by atoms with Crippen LogP contribution in [-0.4, -0.2) is 9.55 Å². The zero-order chi connectivity index (χ0) is 9.68. The molecule has 0 spiro atoms. The minimum Gasteiger partial charge on any atom is -0.329 e. The normalized spacial score (nSPS) is 8.54. The van der Waals surface area contributed by atoms with Crippen molar-refractivity contribution < 1.29 is 0 Å². The van der Waals surface area contributed by atoms with Crippen molar-refractivity contribution in [2.75, 3.05) is 0 Å². The van der Waals surface area contributed by atoms with E-state index in [0.717, 1.165) is 5.16 Å². The quantitative estimate of drug-likeness (QED) is 0.523. The van der Waals surface area contributed by atoms with Crippen molar-refractivity contribution in [3.05, 3.63) is 23.4 Å². The first-order chi connectivity index (χ1) is 6.27. The highest BCUT2D eigenvalue weighted by molar-refractivity contribution is 8.02. The average Bonchev–Trinajstić information content (AvgIpc) is 2.54. The molecule has 0 aliphatic carbocycles. The van der Waals surface area contributed by atoms with Crippen LogP contribution in [0.25, 0.3) is 0 Å². The average molecular weight is 190 g/mol. The predicted molar refractivity (Wildman–Crippen MR) is 48.4 cm³/mol. The van der Waals surface area contributed by atoms with Gasteiger partial charge in [0.1, 0.15) is 17.7 Å². The van der Waals surface area contributed by atoms with Gasteiger partial charge in [-0.2, -0.15) is 10.5 Å².